The number of carbonyl (C=O) groups excluding carboxylic acids is 1. The first kappa shape index (κ1) is 14.3. The van der Waals surface area contributed by atoms with E-state index in [1.165, 1.54) is 31.0 Å². The molecule has 19 heavy (non-hydrogen) atoms. The number of carbonyl (C=O) groups is 1. The summed E-state index contributed by atoms with van der Waals surface area (Å²) < 4.78 is 1.90. The molecule has 0 saturated heterocycles. The lowest BCUT2D eigenvalue weighted by Crippen LogP contribution is -2.26. The summed E-state index contributed by atoms with van der Waals surface area (Å²) in [5.74, 6) is 0.428. The third-order valence-corrected chi connectivity index (χ3v) is 4.22. The van der Waals surface area contributed by atoms with Crippen LogP contribution in [0.2, 0.25) is 0 Å². The van der Waals surface area contributed by atoms with Crippen LogP contribution in [-0.2, 0) is 4.79 Å². The highest BCUT2D eigenvalue weighted by Crippen LogP contribution is 2.29. The second-order valence-electron chi connectivity index (χ2n) is 4.84. The highest BCUT2D eigenvalue weighted by molar-refractivity contribution is 7.99. The van der Waals surface area contributed by atoms with Crippen LogP contribution in [0.25, 0.3) is 0 Å². The number of hydrogen-bond acceptors (Lipinski definition) is 5. The monoisotopic (exact) mass is 283 g/mol. The molecule has 1 fully saturated rings. The van der Waals surface area contributed by atoms with Crippen molar-refractivity contribution in [1.82, 2.24) is 25.5 Å². The molecule has 0 bridgehead atoms. The molecule has 1 heterocycles. The van der Waals surface area contributed by atoms with Crippen molar-refractivity contribution in [3.8, 4) is 0 Å². The second kappa shape index (κ2) is 7.47. The van der Waals surface area contributed by atoms with Crippen molar-refractivity contribution in [2.24, 2.45) is 0 Å². The van der Waals surface area contributed by atoms with Crippen LogP contribution in [0.4, 0.5) is 0 Å². The molecule has 2 rings (SSSR count). The molecule has 1 aromatic heterocycles. The van der Waals surface area contributed by atoms with Crippen LogP contribution in [0.5, 0.6) is 0 Å². The molecule has 0 unspecified atom stereocenters. The van der Waals surface area contributed by atoms with Crippen molar-refractivity contribution in [3.05, 3.63) is 0 Å². The van der Waals surface area contributed by atoms with Gasteiger partial charge in [-0.2, -0.15) is 0 Å². The van der Waals surface area contributed by atoms with E-state index in [4.69, 9.17) is 0 Å². The maximum absolute atomic E-state index is 11.6. The molecule has 6 nitrogen and oxygen atoms in total. The van der Waals surface area contributed by atoms with Gasteiger partial charge in [0, 0.05) is 6.54 Å². The first-order valence-corrected chi connectivity index (χ1v) is 7.97. The lowest BCUT2D eigenvalue weighted by Gasteiger charge is -2.21. The van der Waals surface area contributed by atoms with Crippen molar-refractivity contribution in [2.75, 3.05) is 12.3 Å². The van der Waals surface area contributed by atoms with Gasteiger partial charge in [0.15, 0.2) is 0 Å². The molecule has 0 aliphatic heterocycles. The summed E-state index contributed by atoms with van der Waals surface area (Å²) in [5.41, 5.74) is 0. The van der Waals surface area contributed by atoms with Gasteiger partial charge in [0.1, 0.15) is 0 Å². The lowest BCUT2D eigenvalue weighted by atomic mass is 9.96. The minimum absolute atomic E-state index is 0.0463. The fourth-order valence-corrected chi connectivity index (χ4v) is 3.06. The molecule has 0 atom stereocenters. The number of amides is 1. The summed E-state index contributed by atoms with van der Waals surface area (Å²) in [5, 5.41) is 15.5. The number of aromatic nitrogens is 4. The second-order valence-corrected chi connectivity index (χ2v) is 5.78. The van der Waals surface area contributed by atoms with Crippen molar-refractivity contribution >= 4 is 17.7 Å². The Bertz CT molecular complexity index is 403. The van der Waals surface area contributed by atoms with Crippen molar-refractivity contribution < 1.29 is 4.79 Å². The summed E-state index contributed by atoms with van der Waals surface area (Å²) in [6.45, 7) is 2.77. The van der Waals surface area contributed by atoms with Crippen LogP contribution in [0.3, 0.4) is 0 Å². The molecule has 0 radical (unpaired) electrons. The average molecular weight is 283 g/mol. The first-order valence-electron chi connectivity index (χ1n) is 6.98. The number of tetrazole rings is 1. The highest BCUT2D eigenvalue weighted by Gasteiger charge is 2.20. The van der Waals surface area contributed by atoms with E-state index in [-0.39, 0.29) is 5.91 Å². The van der Waals surface area contributed by atoms with Crippen LogP contribution in [-0.4, -0.2) is 38.4 Å². The van der Waals surface area contributed by atoms with Crippen molar-refractivity contribution in [2.45, 2.75) is 56.6 Å². The van der Waals surface area contributed by atoms with Gasteiger partial charge in [-0.25, -0.2) is 4.68 Å². The molecule has 106 valence electrons. The molecule has 0 aromatic carbocycles. The third-order valence-electron chi connectivity index (χ3n) is 3.29. The van der Waals surface area contributed by atoms with E-state index in [1.54, 1.807) is 0 Å². The van der Waals surface area contributed by atoms with Crippen molar-refractivity contribution in [3.63, 3.8) is 0 Å². The zero-order chi connectivity index (χ0) is 13.5. The molecule has 1 aliphatic rings. The average Bonchev–Trinajstić information content (AvgIpc) is 2.92. The summed E-state index contributed by atoms with van der Waals surface area (Å²) in [6.07, 6.45) is 7.02. The van der Waals surface area contributed by atoms with Gasteiger partial charge in [-0.1, -0.05) is 37.9 Å². The Morgan fingerprint density at radius 3 is 2.95 bits per heavy atom. The number of rotatable bonds is 6. The van der Waals surface area contributed by atoms with E-state index >= 15 is 0 Å². The van der Waals surface area contributed by atoms with Gasteiger partial charge >= 0.3 is 0 Å². The third kappa shape index (κ3) is 4.19. The smallest absolute Gasteiger partial charge is 0.230 e. The van der Waals surface area contributed by atoms with Gasteiger partial charge < -0.3 is 5.32 Å². The predicted octanol–water partition coefficient (Wildman–Crippen LogP) is 1.80. The van der Waals surface area contributed by atoms with E-state index in [9.17, 15) is 4.79 Å². The largest absolute Gasteiger partial charge is 0.355 e. The topological polar surface area (TPSA) is 72.7 Å². The minimum atomic E-state index is 0.0463. The lowest BCUT2D eigenvalue weighted by molar-refractivity contribution is -0.118. The molecule has 7 heteroatoms. The zero-order valence-electron chi connectivity index (χ0n) is 11.3. The molecular formula is C12H21N5OS. The van der Waals surface area contributed by atoms with E-state index < -0.39 is 0 Å². The maximum atomic E-state index is 11.6. The number of hydrogen-bond donors (Lipinski definition) is 1. The Balaban J connectivity index is 1.86. The molecule has 1 aliphatic carbocycles. The predicted molar refractivity (Wildman–Crippen MR) is 74.0 cm³/mol. The molecular weight excluding hydrogens is 262 g/mol. The Hall–Kier alpha value is -1.11. The van der Waals surface area contributed by atoms with Gasteiger partial charge in [-0.15, -0.1) is 5.10 Å². The number of nitrogens with one attached hydrogen (secondary N) is 1. The van der Waals surface area contributed by atoms with Crippen LogP contribution >= 0.6 is 11.8 Å². The maximum Gasteiger partial charge on any atom is 0.230 e. The van der Waals surface area contributed by atoms with E-state index in [0.29, 0.717) is 11.8 Å². The van der Waals surface area contributed by atoms with E-state index in [0.717, 1.165) is 31.0 Å². The van der Waals surface area contributed by atoms with E-state index in [1.807, 2.05) is 11.6 Å². The Morgan fingerprint density at radius 1 is 1.42 bits per heavy atom. The molecule has 1 N–H and O–H groups in total. The summed E-state index contributed by atoms with van der Waals surface area (Å²) in [6, 6.07) is 0.407. The van der Waals surface area contributed by atoms with E-state index in [2.05, 4.69) is 20.8 Å². The standard InChI is InChI=1S/C12H21N5OS/c1-2-8-13-11(18)9-19-12-14-15-16-17(12)10-6-4-3-5-7-10/h10H,2-9H2,1H3,(H,13,18). The van der Waals surface area contributed by atoms with Gasteiger partial charge in [0.2, 0.25) is 11.1 Å². The Kier molecular flexibility index (Phi) is 5.62. The zero-order valence-corrected chi connectivity index (χ0v) is 12.2. The highest BCUT2D eigenvalue weighted by atomic mass is 32.2. The van der Waals surface area contributed by atoms with Gasteiger partial charge in [0.05, 0.1) is 11.8 Å². The number of thioether (sulfide) groups is 1. The molecule has 1 aromatic rings. The molecule has 0 spiro atoms. The summed E-state index contributed by atoms with van der Waals surface area (Å²) >= 11 is 1.42. The fourth-order valence-electron chi connectivity index (χ4n) is 2.28. The number of nitrogens with zero attached hydrogens (tertiary/aromatic N) is 4. The van der Waals surface area contributed by atoms with Gasteiger partial charge in [0.25, 0.3) is 0 Å². The minimum Gasteiger partial charge on any atom is -0.355 e. The summed E-state index contributed by atoms with van der Waals surface area (Å²) in [7, 11) is 0. The van der Waals surface area contributed by atoms with Crippen LogP contribution in [0.15, 0.2) is 5.16 Å². The normalized spacial score (nSPS) is 16.5. The first-order chi connectivity index (χ1) is 9.31. The SMILES string of the molecule is CCCNC(=O)CSc1nnnn1C1CCCCC1. The van der Waals surface area contributed by atoms with Crippen LogP contribution in [0.1, 0.15) is 51.5 Å². The van der Waals surface area contributed by atoms with Gasteiger partial charge in [-0.3, -0.25) is 4.79 Å². The Morgan fingerprint density at radius 2 is 2.21 bits per heavy atom. The van der Waals surface area contributed by atoms with Crippen LogP contribution in [0, 0.1) is 0 Å². The van der Waals surface area contributed by atoms with Gasteiger partial charge in [-0.05, 0) is 29.7 Å². The molecule has 1 saturated carbocycles. The fraction of sp³-hybridized carbons (Fsp3) is 0.833. The molecule has 1 amide bonds. The van der Waals surface area contributed by atoms with Crippen LogP contribution < -0.4 is 5.32 Å². The quantitative estimate of drug-likeness (QED) is 0.806. The van der Waals surface area contributed by atoms with Crippen molar-refractivity contribution in [1.29, 1.82) is 0 Å². The summed E-state index contributed by atoms with van der Waals surface area (Å²) in [4.78, 5) is 11.6. The Labute approximate surface area is 117 Å².